The first-order chi connectivity index (χ1) is 8.60. The van der Waals surface area contributed by atoms with Crippen LogP contribution in [0.2, 0.25) is 0 Å². The smallest absolute Gasteiger partial charge is 0.267 e. The summed E-state index contributed by atoms with van der Waals surface area (Å²) in [6.07, 6.45) is 0. The Bertz CT molecular complexity index is 671. The van der Waals surface area contributed by atoms with Gasteiger partial charge in [0.1, 0.15) is 9.39 Å². The number of nitrogens with zero attached hydrogens (tertiary/aromatic N) is 2. The molecule has 18 heavy (non-hydrogen) atoms. The molecule has 0 aliphatic carbocycles. The van der Waals surface area contributed by atoms with Gasteiger partial charge in [-0.3, -0.25) is 9.78 Å². The van der Waals surface area contributed by atoms with E-state index < -0.39 is 0 Å². The van der Waals surface area contributed by atoms with Crippen LogP contribution in [0.3, 0.4) is 0 Å². The Labute approximate surface area is 116 Å². The molecule has 90 valence electrons. The Balaban J connectivity index is 2.29. The number of halogens is 1. The normalized spacial score (nSPS) is 9.78. The van der Waals surface area contributed by atoms with Crippen molar-refractivity contribution in [2.45, 2.75) is 0 Å². The first-order valence-corrected chi connectivity index (χ1v) is 6.00. The third kappa shape index (κ3) is 2.60. The molecule has 6 nitrogen and oxygen atoms in total. The van der Waals surface area contributed by atoms with Crippen molar-refractivity contribution in [3.63, 3.8) is 0 Å². The van der Waals surface area contributed by atoms with Gasteiger partial charge in [-0.2, -0.15) is 10.2 Å². The first kappa shape index (κ1) is 12.4. The van der Waals surface area contributed by atoms with Gasteiger partial charge in [0.15, 0.2) is 0 Å². The van der Waals surface area contributed by atoms with Crippen molar-refractivity contribution in [1.82, 2.24) is 9.97 Å². The molecule has 0 saturated heterocycles. The lowest BCUT2D eigenvalue weighted by atomic mass is 10.2. The van der Waals surface area contributed by atoms with Crippen molar-refractivity contribution >= 4 is 40.0 Å². The van der Waals surface area contributed by atoms with Crippen LogP contribution in [0.1, 0.15) is 5.56 Å². The average Bonchev–Trinajstić information content (AvgIpc) is 2.37. The first-order valence-electron chi connectivity index (χ1n) is 4.92. The molecule has 2 rings (SSSR count). The van der Waals surface area contributed by atoms with Crippen LogP contribution in [0.5, 0.6) is 0 Å². The monoisotopic (exact) mass is 353 g/mol. The lowest BCUT2D eigenvalue weighted by molar-refractivity contribution is 1.11. The largest absolute Gasteiger partial charge is 0.383 e. The minimum atomic E-state index is -0.292. The molecule has 7 heteroatoms. The Morgan fingerprint density at radius 1 is 1.39 bits per heavy atom. The van der Waals surface area contributed by atoms with Crippen molar-refractivity contribution in [2.24, 2.45) is 0 Å². The van der Waals surface area contributed by atoms with E-state index in [4.69, 9.17) is 11.0 Å². The quantitative estimate of drug-likeness (QED) is 0.711. The van der Waals surface area contributed by atoms with Crippen LogP contribution < -0.4 is 16.6 Å². The van der Waals surface area contributed by atoms with Crippen LogP contribution in [0.15, 0.2) is 29.1 Å². The fraction of sp³-hybridized carbons (Fsp3) is 0. The second-order valence-corrected chi connectivity index (χ2v) is 4.51. The molecule has 0 spiro atoms. The van der Waals surface area contributed by atoms with Crippen molar-refractivity contribution in [2.75, 3.05) is 11.1 Å². The third-order valence-electron chi connectivity index (χ3n) is 2.17. The molecule has 0 fully saturated rings. The highest BCUT2D eigenvalue weighted by Crippen LogP contribution is 2.14. The second-order valence-electron chi connectivity index (χ2n) is 3.43. The molecular weight excluding hydrogens is 345 g/mol. The molecule has 1 aromatic heterocycles. The highest BCUT2D eigenvalue weighted by molar-refractivity contribution is 14.1. The molecule has 0 radical (unpaired) electrons. The van der Waals surface area contributed by atoms with E-state index in [9.17, 15) is 4.79 Å². The number of hydrogen-bond donors (Lipinski definition) is 3. The molecule has 0 saturated carbocycles. The number of aromatic nitrogens is 2. The summed E-state index contributed by atoms with van der Waals surface area (Å²) in [7, 11) is 0. The predicted molar refractivity (Wildman–Crippen MR) is 76.4 cm³/mol. The predicted octanol–water partition coefficient (Wildman–Crippen LogP) is 1.57. The minimum absolute atomic E-state index is 0.176. The van der Waals surface area contributed by atoms with E-state index in [2.05, 4.69) is 15.3 Å². The van der Waals surface area contributed by atoms with Gasteiger partial charge in [-0.25, -0.2) is 0 Å². The zero-order valence-corrected chi connectivity index (χ0v) is 11.2. The number of hydrogen-bond acceptors (Lipinski definition) is 5. The lowest BCUT2D eigenvalue weighted by Gasteiger charge is -2.06. The van der Waals surface area contributed by atoms with Crippen LogP contribution >= 0.6 is 22.6 Å². The topological polar surface area (TPSA) is 108 Å². The summed E-state index contributed by atoms with van der Waals surface area (Å²) in [5, 5.41) is 11.6. The van der Waals surface area contributed by atoms with Crippen molar-refractivity contribution < 1.29 is 0 Å². The highest BCUT2D eigenvalue weighted by Gasteiger charge is 2.05. The number of nitrogen functional groups attached to an aromatic ring is 1. The number of nitrogens with one attached hydrogen (secondary N) is 2. The molecule has 0 aliphatic rings. The van der Waals surface area contributed by atoms with E-state index in [0.717, 1.165) is 0 Å². The Kier molecular flexibility index (Phi) is 3.47. The summed E-state index contributed by atoms with van der Waals surface area (Å²) in [5.41, 5.74) is 6.57. The number of H-pyrrole nitrogens is 1. The van der Waals surface area contributed by atoms with Gasteiger partial charge in [0.25, 0.3) is 5.56 Å². The van der Waals surface area contributed by atoms with Crippen molar-refractivity contribution in [3.8, 4) is 6.07 Å². The number of nitriles is 1. The van der Waals surface area contributed by atoms with E-state index in [1.165, 1.54) is 0 Å². The number of anilines is 3. The molecule has 2 aromatic rings. The SMILES string of the molecule is N#Cc1ccc(Nc2nc(N)c(I)c(=O)[nH]2)cc1. The van der Waals surface area contributed by atoms with Gasteiger partial charge in [-0.05, 0) is 46.9 Å². The summed E-state index contributed by atoms with van der Waals surface area (Å²) in [5.74, 6) is 0.443. The fourth-order valence-electron chi connectivity index (χ4n) is 1.30. The van der Waals surface area contributed by atoms with Crippen LogP contribution in [-0.2, 0) is 0 Å². The van der Waals surface area contributed by atoms with Crippen LogP contribution in [0.25, 0.3) is 0 Å². The van der Waals surface area contributed by atoms with E-state index in [0.29, 0.717) is 14.8 Å². The zero-order chi connectivity index (χ0) is 13.1. The van der Waals surface area contributed by atoms with Gasteiger partial charge in [0.05, 0.1) is 11.6 Å². The Morgan fingerprint density at radius 2 is 2.06 bits per heavy atom. The number of aromatic amines is 1. The maximum Gasteiger partial charge on any atom is 0.267 e. The number of nitrogens with two attached hydrogens (primary N) is 1. The van der Waals surface area contributed by atoms with Gasteiger partial charge in [0, 0.05) is 5.69 Å². The summed E-state index contributed by atoms with van der Waals surface area (Å²) in [6, 6.07) is 8.78. The fourth-order valence-corrected chi connectivity index (χ4v) is 1.56. The number of benzene rings is 1. The number of rotatable bonds is 2. The van der Waals surface area contributed by atoms with Gasteiger partial charge in [-0.15, -0.1) is 0 Å². The summed E-state index contributed by atoms with van der Waals surface area (Å²) < 4.78 is 0.359. The lowest BCUT2D eigenvalue weighted by Crippen LogP contribution is -2.16. The van der Waals surface area contributed by atoms with Gasteiger partial charge >= 0.3 is 0 Å². The molecule has 1 aromatic carbocycles. The van der Waals surface area contributed by atoms with Crippen LogP contribution in [0, 0.1) is 14.9 Å². The van der Waals surface area contributed by atoms with Crippen molar-refractivity contribution in [3.05, 3.63) is 43.8 Å². The molecule has 1 heterocycles. The van der Waals surface area contributed by atoms with E-state index >= 15 is 0 Å². The third-order valence-corrected chi connectivity index (χ3v) is 3.21. The van der Waals surface area contributed by atoms with E-state index in [1.54, 1.807) is 24.3 Å². The standard InChI is InChI=1S/C11H8IN5O/c12-8-9(14)16-11(17-10(8)18)15-7-3-1-6(5-13)2-4-7/h1-4H,(H4,14,15,16,17,18). The minimum Gasteiger partial charge on any atom is -0.383 e. The average molecular weight is 353 g/mol. The van der Waals surface area contributed by atoms with E-state index in [-0.39, 0.29) is 17.3 Å². The molecular formula is C11H8IN5O. The second kappa shape index (κ2) is 5.05. The Hall–Kier alpha value is -2.08. The van der Waals surface area contributed by atoms with Crippen molar-refractivity contribution in [1.29, 1.82) is 5.26 Å². The van der Waals surface area contributed by atoms with Crippen LogP contribution in [0.4, 0.5) is 17.5 Å². The molecule has 0 unspecified atom stereocenters. The van der Waals surface area contributed by atoms with Gasteiger partial charge < -0.3 is 11.1 Å². The molecule has 0 bridgehead atoms. The summed E-state index contributed by atoms with van der Waals surface area (Å²) in [4.78, 5) is 18.1. The van der Waals surface area contributed by atoms with Gasteiger partial charge in [0.2, 0.25) is 5.95 Å². The maximum absolute atomic E-state index is 11.5. The van der Waals surface area contributed by atoms with Gasteiger partial charge in [-0.1, -0.05) is 0 Å². The molecule has 0 amide bonds. The van der Waals surface area contributed by atoms with Crippen LogP contribution in [-0.4, -0.2) is 9.97 Å². The molecule has 0 atom stereocenters. The molecule has 0 aliphatic heterocycles. The van der Waals surface area contributed by atoms with E-state index in [1.807, 2.05) is 28.7 Å². The summed E-state index contributed by atoms with van der Waals surface area (Å²) >= 11 is 1.83. The summed E-state index contributed by atoms with van der Waals surface area (Å²) in [6.45, 7) is 0. The Morgan fingerprint density at radius 3 is 2.61 bits per heavy atom. The maximum atomic E-state index is 11.5. The zero-order valence-electron chi connectivity index (χ0n) is 9.07. The molecule has 4 N–H and O–H groups in total. The highest BCUT2D eigenvalue weighted by atomic mass is 127.